The summed E-state index contributed by atoms with van der Waals surface area (Å²) in [5, 5.41) is 8.41. The van der Waals surface area contributed by atoms with Crippen molar-refractivity contribution in [2.24, 2.45) is 5.41 Å². The molecule has 0 N–H and O–H groups in total. The van der Waals surface area contributed by atoms with E-state index in [1.165, 1.54) is 4.31 Å². The molecule has 1 fully saturated rings. The first kappa shape index (κ1) is 11.5. The van der Waals surface area contributed by atoms with Crippen molar-refractivity contribution in [2.45, 2.75) is 26.7 Å². The van der Waals surface area contributed by atoms with Gasteiger partial charge in [0.2, 0.25) is 10.0 Å². The first-order valence-electron chi connectivity index (χ1n) is 4.72. The van der Waals surface area contributed by atoms with Crippen molar-refractivity contribution in [1.82, 2.24) is 4.31 Å². The van der Waals surface area contributed by atoms with Gasteiger partial charge in [0.1, 0.15) is 0 Å². The van der Waals surface area contributed by atoms with E-state index in [-0.39, 0.29) is 5.41 Å². The highest BCUT2D eigenvalue weighted by molar-refractivity contribution is 7.89. The van der Waals surface area contributed by atoms with Gasteiger partial charge in [0.05, 0.1) is 6.07 Å². The lowest BCUT2D eigenvalue weighted by Crippen LogP contribution is -2.44. The summed E-state index contributed by atoms with van der Waals surface area (Å²) >= 11 is 0. The first-order chi connectivity index (χ1) is 6.37. The van der Waals surface area contributed by atoms with Crippen LogP contribution in [0.15, 0.2) is 0 Å². The summed E-state index contributed by atoms with van der Waals surface area (Å²) < 4.78 is 24.6. The SMILES string of the molecule is CC1(C)CCCN(S(=O)(=O)CC#N)C1. The van der Waals surface area contributed by atoms with E-state index in [0.717, 1.165) is 12.8 Å². The predicted molar refractivity (Wildman–Crippen MR) is 54.0 cm³/mol. The summed E-state index contributed by atoms with van der Waals surface area (Å²) in [7, 11) is -3.33. The molecule has 0 radical (unpaired) electrons. The molecule has 5 heteroatoms. The predicted octanol–water partition coefficient (Wildman–Crippen LogP) is 0.962. The molecule has 1 saturated heterocycles. The molecule has 0 spiro atoms. The lowest BCUT2D eigenvalue weighted by atomic mass is 9.85. The molecule has 14 heavy (non-hydrogen) atoms. The molecule has 4 nitrogen and oxygen atoms in total. The molecule has 0 aromatic rings. The Kier molecular flexibility index (Phi) is 3.17. The third-order valence-corrected chi connectivity index (χ3v) is 4.10. The van der Waals surface area contributed by atoms with Gasteiger partial charge in [0.15, 0.2) is 5.75 Å². The topological polar surface area (TPSA) is 61.2 Å². The van der Waals surface area contributed by atoms with Gasteiger partial charge in [-0.25, -0.2) is 12.7 Å². The van der Waals surface area contributed by atoms with Crippen LogP contribution in [0, 0.1) is 16.7 Å². The van der Waals surface area contributed by atoms with Gasteiger partial charge in [-0.3, -0.25) is 0 Å². The molecular weight excluding hydrogens is 200 g/mol. The van der Waals surface area contributed by atoms with Crippen molar-refractivity contribution in [2.75, 3.05) is 18.8 Å². The van der Waals surface area contributed by atoms with E-state index >= 15 is 0 Å². The summed E-state index contributed by atoms with van der Waals surface area (Å²) in [6.07, 6.45) is 1.93. The zero-order valence-corrected chi connectivity index (χ0v) is 9.47. The fourth-order valence-corrected chi connectivity index (χ4v) is 3.08. The van der Waals surface area contributed by atoms with Gasteiger partial charge >= 0.3 is 0 Å². The average Bonchev–Trinajstić information content (AvgIpc) is 2.02. The number of hydrogen-bond donors (Lipinski definition) is 0. The number of hydrogen-bond acceptors (Lipinski definition) is 3. The number of nitrogens with zero attached hydrogens (tertiary/aromatic N) is 2. The maximum Gasteiger partial charge on any atom is 0.227 e. The summed E-state index contributed by atoms with van der Waals surface area (Å²) in [5.74, 6) is -0.400. The zero-order chi connectivity index (χ0) is 10.8. The third kappa shape index (κ3) is 2.69. The fourth-order valence-electron chi connectivity index (χ4n) is 1.78. The van der Waals surface area contributed by atoms with E-state index in [2.05, 4.69) is 13.8 Å². The van der Waals surface area contributed by atoms with E-state index in [4.69, 9.17) is 5.26 Å². The highest BCUT2D eigenvalue weighted by Gasteiger charge is 2.32. The summed E-state index contributed by atoms with van der Waals surface area (Å²) in [4.78, 5) is 0. The zero-order valence-electron chi connectivity index (χ0n) is 8.65. The second-order valence-electron chi connectivity index (χ2n) is 4.52. The van der Waals surface area contributed by atoms with Gasteiger partial charge in [-0.1, -0.05) is 13.8 Å². The molecule has 1 aliphatic heterocycles. The highest BCUT2D eigenvalue weighted by Crippen LogP contribution is 2.29. The maximum absolute atomic E-state index is 11.6. The average molecular weight is 216 g/mol. The minimum absolute atomic E-state index is 0.0424. The summed E-state index contributed by atoms with van der Waals surface area (Å²) in [5.41, 5.74) is 0.0424. The second-order valence-corrected chi connectivity index (χ2v) is 6.48. The van der Waals surface area contributed by atoms with Gasteiger partial charge in [-0.15, -0.1) is 0 Å². The largest absolute Gasteiger partial charge is 0.227 e. The summed E-state index contributed by atoms with van der Waals surface area (Å²) in [6, 6.07) is 1.70. The van der Waals surface area contributed by atoms with Crippen LogP contribution < -0.4 is 0 Å². The van der Waals surface area contributed by atoms with E-state index in [0.29, 0.717) is 13.1 Å². The Morgan fingerprint density at radius 2 is 2.14 bits per heavy atom. The van der Waals surface area contributed by atoms with Crippen LogP contribution in [0.4, 0.5) is 0 Å². The fraction of sp³-hybridized carbons (Fsp3) is 0.889. The van der Waals surface area contributed by atoms with Gasteiger partial charge in [0, 0.05) is 13.1 Å². The Morgan fingerprint density at radius 1 is 1.50 bits per heavy atom. The third-order valence-electron chi connectivity index (χ3n) is 2.51. The molecule has 1 heterocycles. The van der Waals surface area contributed by atoms with Crippen molar-refractivity contribution in [3.8, 4) is 6.07 Å². The molecule has 0 atom stereocenters. The molecule has 0 unspecified atom stereocenters. The molecule has 0 aliphatic carbocycles. The normalized spacial score (nSPS) is 22.9. The minimum Gasteiger partial charge on any atom is -0.211 e. The van der Waals surface area contributed by atoms with E-state index < -0.39 is 15.8 Å². The Hall–Kier alpha value is -0.600. The maximum atomic E-state index is 11.6. The summed E-state index contributed by atoms with van der Waals surface area (Å²) in [6.45, 7) is 5.21. The van der Waals surface area contributed by atoms with Crippen LogP contribution in [0.3, 0.4) is 0 Å². The number of rotatable bonds is 2. The van der Waals surface area contributed by atoms with Gasteiger partial charge in [-0.2, -0.15) is 5.26 Å². The number of piperidine rings is 1. The van der Waals surface area contributed by atoms with Crippen LogP contribution >= 0.6 is 0 Å². The van der Waals surface area contributed by atoms with Crippen molar-refractivity contribution < 1.29 is 8.42 Å². The Morgan fingerprint density at radius 3 is 2.64 bits per heavy atom. The molecule has 1 rings (SSSR count). The first-order valence-corrected chi connectivity index (χ1v) is 6.33. The van der Waals surface area contributed by atoms with Crippen LogP contribution in [0.2, 0.25) is 0 Å². The smallest absolute Gasteiger partial charge is 0.211 e. The lowest BCUT2D eigenvalue weighted by molar-refractivity contribution is 0.187. The van der Waals surface area contributed by atoms with Crippen molar-refractivity contribution in [3.05, 3.63) is 0 Å². The van der Waals surface area contributed by atoms with E-state index in [9.17, 15) is 8.42 Å². The van der Waals surface area contributed by atoms with Gasteiger partial charge in [0.25, 0.3) is 0 Å². The monoisotopic (exact) mass is 216 g/mol. The second kappa shape index (κ2) is 3.87. The standard InChI is InChI=1S/C9H16N2O2S/c1-9(2)4-3-6-11(8-9)14(12,13)7-5-10/h3-4,6-8H2,1-2H3. The number of nitriles is 1. The highest BCUT2D eigenvalue weighted by atomic mass is 32.2. The Bertz CT molecular complexity index is 340. The number of sulfonamides is 1. The molecule has 1 aliphatic rings. The van der Waals surface area contributed by atoms with Crippen molar-refractivity contribution in [3.63, 3.8) is 0 Å². The quantitative estimate of drug-likeness (QED) is 0.690. The molecule has 0 aromatic carbocycles. The Balaban J connectivity index is 2.76. The molecule has 0 bridgehead atoms. The van der Waals surface area contributed by atoms with Crippen LogP contribution in [0.5, 0.6) is 0 Å². The van der Waals surface area contributed by atoms with Crippen LogP contribution in [-0.4, -0.2) is 31.6 Å². The van der Waals surface area contributed by atoms with E-state index in [1.54, 1.807) is 6.07 Å². The van der Waals surface area contributed by atoms with Crippen LogP contribution in [-0.2, 0) is 10.0 Å². The Labute approximate surface area is 85.6 Å². The van der Waals surface area contributed by atoms with Gasteiger partial charge in [-0.05, 0) is 18.3 Å². The van der Waals surface area contributed by atoms with Gasteiger partial charge < -0.3 is 0 Å². The molecule has 80 valence electrons. The molecular formula is C9H16N2O2S. The van der Waals surface area contributed by atoms with Crippen LogP contribution in [0.25, 0.3) is 0 Å². The van der Waals surface area contributed by atoms with Crippen LogP contribution in [0.1, 0.15) is 26.7 Å². The molecule has 0 saturated carbocycles. The molecule has 0 amide bonds. The van der Waals surface area contributed by atoms with E-state index in [1.807, 2.05) is 0 Å². The lowest BCUT2D eigenvalue weighted by Gasteiger charge is -2.36. The van der Waals surface area contributed by atoms with Crippen molar-refractivity contribution in [1.29, 1.82) is 5.26 Å². The van der Waals surface area contributed by atoms with Crippen molar-refractivity contribution >= 4 is 10.0 Å². The minimum atomic E-state index is -3.33. The molecule has 0 aromatic heterocycles.